The van der Waals surface area contributed by atoms with Crippen molar-refractivity contribution in [2.24, 2.45) is 0 Å². The van der Waals surface area contributed by atoms with Crippen LogP contribution in [0.25, 0.3) is 0 Å². The van der Waals surface area contributed by atoms with Crippen LogP contribution in [0.3, 0.4) is 0 Å². The Labute approximate surface area is 98.9 Å². The lowest BCUT2D eigenvalue weighted by Crippen LogP contribution is -2.47. The maximum atomic E-state index is 9.34. The molecule has 0 unspecified atom stereocenters. The van der Waals surface area contributed by atoms with E-state index in [4.69, 9.17) is 0 Å². The van der Waals surface area contributed by atoms with Gasteiger partial charge in [0, 0.05) is 31.9 Å². The van der Waals surface area contributed by atoms with Gasteiger partial charge in [0.25, 0.3) is 0 Å². The van der Waals surface area contributed by atoms with Gasteiger partial charge in [0.15, 0.2) is 17.4 Å². The van der Waals surface area contributed by atoms with Gasteiger partial charge in [0.1, 0.15) is 6.61 Å². The van der Waals surface area contributed by atoms with Crippen LogP contribution in [0.4, 0.5) is 0 Å². The Morgan fingerprint density at radius 3 is 2.44 bits per heavy atom. The van der Waals surface area contributed by atoms with Gasteiger partial charge in [0.2, 0.25) is 0 Å². The molecule has 0 bridgehead atoms. The second-order valence-corrected chi connectivity index (χ2v) is 4.68. The summed E-state index contributed by atoms with van der Waals surface area (Å²) >= 11 is 0. The average molecular weight is 222 g/mol. The quantitative estimate of drug-likeness (QED) is 0.777. The number of nitrogens with zero attached hydrogens (tertiary/aromatic N) is 1. The second kappa shape index (κ2) is 5.44. The first-order valence-corrected chi connectivity index (χ1v) is 6.15. The molecule has 16 heavy (non-hydrogen) atoms. The number of hydrogen-bond acceptors (Lipinski definition) is 1. The van der Waals surface area contributed by atoms with Gasteiger partial charge >= 0.3 is 0 Å². The largest absolute Gasteiger partial charge is 0.389 e. The maximum absolute atomic E-state index is 9.34. The first-order chi connectivity index (χ1) is 7.52. The van der Waals surface area contributed by atoms with Crippen molar-refractivity contribution < 1.29 is 9.67 Å². The Hall–Kier alpha value is -0.890. The van der Waals surface area contributed by atoms with Crippen molar-refractivity contribution in [1.82, 2.24) is 0 Å². The van der Waals surface area contributed by atoms with Crippen molar-refractivity contribution in [2.45, 2.75) is 53.5 Å². The molecule has 0 aliphatic rings. The molecule has 0 spiro atoms. The van der Waals surface area contributed by atoms with Crippen LogP contribution in [0.5, 0.6) is 0 Å². The van der Waals surface area contributed by atoms with E-state index in [1.54, 1.807) is 0 Å². The number of aliphatic hydroxyl groups is 1. The van der Waals surface area contributed by atoms with Crippen LogP contribution in [0, 0.1) is 20.8 Å². The Morgan fingerprint density at radius 2 is 1.94 bits per heavy atom. The molecule has 0 saturated heterocycles. The zero-order valence-electron chi connectivity index (χ0n) is 11.2. The average Bonchev–Trinajstić information content (AvgIpc) is 2.26. The molecule has 90 valence electrons. The normalized spacial score (nSPS) is 12.9. The molecule has 0 amide bonds. The lowest BCUT2D eigenvalue weighted by molar-refractivity contribution is -0.733. The van der Waals surface area contributed by atoms with Crippen molar-refractivity contribution >= 4 is 0 Å². The predicted molar refractivity (Wildman–Crippen MR) is 66.6 cm³/mol. The van der Waals surface area contributed by atoms with Gasteiger partial charge in [-0.15, -0.1) is 0 Å². The van der Waals surface area contributed by atoms with Crippen LogP contribution in [-0.4, -0.2) is 11.7 Å². The second-order valence-electron chi connectivity index (χ2n) is 4.68. The Morgan fingerprint density at radius 1 is 1.31 bits per heavy atom. The van der Waals surface area contributed by atoms with Gasteiger partial charge in [-0.1, -0.05) is 6.92 Å². The molecule has 0 aliphatic heterocycles. The van der Waals surface area contributed by atoms with Crippen LogP contribution in [-0.2, 0) is 6.42 Å². The molecule has 0 fully saturated rings. The minimum atomic E-state index is 0.167. The van der Waals surface area contributed by atoms with Gasteiger partial charge in [0.05, 0.1) is 0 Å². The van der Waals surface area contributed by atoms with Crippen molar-refractivity contribution in [3.05, 3.63) is 28.6 Å². The molecule has 0 aromatic carbocycles. The van der Waals surface area contributed by atoms with Gasteiger partial charge in [-0.2, -0.15) is 4.57 Å². The lowest BCUT2D eigenvalue weighted by atomic mass is 10.0. The third kappa shape index (κ3) is 2.43. The highest BCUT2D eigenvalue weighted by Gasteiger charge is 2.22. The van der Waals surface area contributed by atoms with Crippen molar-refractivity contribution in [1.29, 1.82) is 0 Å². The van der Waals surface area contributed by atoms with Gasteiger partial charge in [-0.25, -0.2) is 0 Å². The number of aliphatic hydroxyl groups excluding tert-OH is 1. The summed E-state index contributed by atoms with van der Waals surface area (Å²) in [4.78, 5) is 0. The highest BCUT2D eigenvalue weighted by Crippen LogP contribution is 2.14. The molecule has 0 saturated carbocycles. The summed E-state index contributed by atoms with van der Waals surface area (Å²) in [5, 5.41) is 9.34. The zero-order chi connectivity index (χ0) is 12.3. The summed E-state index contributed by atoms with van der Waals surface area (Å²) in [6, 6.07) is 2.43. The molecule has 1 rings (SSSR count). The first kappa shape index (κ1) is 13.2. The van der Waals surface area contributed by atoms with Gasteiger partial charge < -0.3 is 5.11 Å². The SMILES string of the molecule is CCCc1cc(C)c(C)c(C)[n+]1[C@@H](C)CO. The third-order valence-electron chi connectivity index (χ3n) is 3.40. The van der Waals surface area contributed by atoms with Crippen molar-refractivity contribution in [3.63, 3.8) is 0 Å². The van der Waals surface area contributed by atoms with E-state index >= 15 is 0 Å². The van der Waals surface area contributed by atoms with Crippen molar-refractivity contribution in [2.75, 3.05) is 6.61 Å². The van der Waals surface area contributed by atoms with Crippen LogP contribution >= 0.6 is 0 Å². The molecule has 0 radical (unpaired) electrons. The predicted octanol–water partition coefficient (Wildman–Crippen LogP) is 2.41. The van der Waals surface area contributed by atoms with Crippen LogP contribution in [0.2, 0.25) is 0 Å². The molecule has 1 heterocycles. The van der Waals surface area contributed by atoms with E-state index in [0.29, 0.717) is 0 Å². The summed E-state index contributed by atoms with van der Waals surface area (Å²) in [6.07, 6.45) is 2.21. The maximum Gasteiger partial charge on any atom is 0.182 e. The van der Waals surface area contributed by atoms with Gasteiger partial charge in [-0.05, 0) is 25.8 Å². The van der Waals surface area contributed by atoms with Crippen LogP contribution in [0.15, 0.2) is 6.07 Å². The molecule has 2 heteroatoms. The number of aromatic nitrogens is 1. The van der Waals surface area contributed by atoms with E-state index in [2.05, 4.69) is 45.3 Å². The molecule has 1 aromatic rings. The van der Waals surface area contributed by atoms with Crippen LogP contribution < -0.4 is 4.57 Å². The monoisotopic (exact) mass is 222 g/mol. The third-order valence-corrected chi connectivity index (χ3v) is 3.40. The molecule has 1 N–H and O–H groups in total. The van der Waals surface area contributed by atoms with E-state index in [1.165, 1.54) is 22.5 Å². The summed E-state index contributed by atoms with van der Waals surface area (Å²) < 4.78 is 2.28. The molecular formula is C14H24NO+. The Balaban J connectivity index is 3.35. The van der Waals surface area contributed by atoms with E-state index in [-0.39, 0.29) is 12.6 Å². The number of aryl methyl sites for hydroxylation is 2. The standard InChI is InChI=1S/C14H24NO/c1-6-7-14-8-10(2)12(4)13(5)15(14)11(3)9-16/h8,11,16H,6-7,9H2,1-5H3/q+1/t11-/m0/s1. The molecule has 1 aromatic heterocycles. The van der Waals surface area contributed by atoms with Crippen LogP contribution in [0.1, 0.15) is 48.8 Å². The Bertz CT molecular complexity index is 371. The van der Waals surface area contributed by atoms with E-state index < -0.39 is 0 Å². The minimum Gasteiger partial charge on any atom is -0.389 e. The van der Waals surface area contributed by atoms with Gasteiger partial charge in [-0.3, -0.25) is 0 Å². The molecular weight excluding hydrogens is 198 g/mol. The summed E-state index contributed by atoms with van der Waals surface area (Å²) in [5.41, 5.74) is 5.30. The number of rotatable bonds is 4. The smallest absolute Gasteiger partial charge is 0.182 e. The van der Waals surface area contributed by atoms with Crippen molar-refractivity contribution in [3.8, 4) is 0 Å². The zero-order valence-corrected chi connectivity index (χ0v) is 11.2. The fourth-order valence-corrected chi connectivity index (χ4v) is 2.25. The fraction of sp³-hybridized carbons (Fsp3) is 0.643. The van der Waals surface area contributed by atoms with E-state index in [9.17, 15) is 5.11 Å². The lowest BCUT2D eigenvalue weighted by Gasteiger charge is -2.14. The molecule has 1 atom stereocenters. The number of hydrogen-bond donors (Lipinski definition) is 1. The summed E-state index contributed by atoms with van der Waals surface area (Å²) in [7, 11) is 0. The summed E-state index contributed by atoms with van der Waals surface area (Å²) in [5.74, 6) is 0. The summed E-state index contributed by atoms with van der Waals surface area (Å²) in [6.45, 7) is 10.9. The molecule has 2 nitrogen and oxygen atoms in total. The fourth-order valence-electron chi connectivity index (χ4n) is 2.25. The number of pyridine rings is 1. The Kier molecular flexibility index (Phi) is 4.48. The topological polar surface area (TPSA) is 24.1 Å². The molecule has 0 aliphatic carbocycles. The van der Waals surface area contributed by atoms with E-state index in [0.717, 1.165) is 12.8 Å². The highest BCUT2D eigenvalue weighted by molar-refractivity contribution is 5.26. The first-order valence-electron chi connectivity index (χ1n) is 6.15. The van der Waals surface area contributed by atoms with E-state index in [1.807, 2.05) is 0 Å². The highest BCUT2D eigenvalue weighted by atomic mass is 16.3. The minimum absolute atomic E-state index is 0.167.